The fraction of sp³-hybridized carbons (Fsp3) is 0.375. The first-order valence-electron chi connectivity index (χ1n) is 7.77. The summed E-state index contributed by atoms with van der Waals surface area (Å²) in [6, 6.07) is 3.47. The summed E-state index contributed by atoms with van der Waals surface area (Å²) in [4.78, 5) is 21.8. The Bertz CT molecular complexity index is 882. The standard InChI is InChI=1S/C16H20N6OS/c1-9(2)8-22-11(4)13(7-17-22)19-15(23)21-16-20-12-6-5-10(3)18-14(12)24-16/h5-7,9H,8H2,1-4H3,(H2,19,20,21,23). The number of urea groups is 1. The highest BCUT2D eigenvalue weighted by Crippen LogP contribution is 2.24. The van der Waals surface area contributed by atoms with Crippen LogP contribution in [0.1, 0.15) is 25.2 Å². The molecule has 0 saturated carbocycles. The summed E-state index contributed by atoms with van der Waals surface area (Å²) in [5.41, 5.74) is 3.33. The summed E-state index contributed by atoms with van der Waals surface area (Å²) in [6.07, 6.45) is 1.67. The molecule has 3 heterocycles. The van der Waals surface area contributed by atoms with E-state index in [0.717, 1.165) is 28.3 Å². The smallest absolute Gasteiger partial charge is 0.305 e. The molecule has 0 bridgehead atoms. The van der Waals surface area contributed by atoms with E-state index >= 15 is 0 Å². The molecule has 0 fully saturated rings. The van der Waals surface area contributed by atoms with Crippen LogP contribution in [0.25, 0.3) is 10.3 Å². The van der Waals surface area contributed by atoms with Gasteiger partial charge in [-0.3, -0.25) is 10.00 Å². The molecule has 0 radical (unpaired) electrons. The summed E-state index contributed by atoms with van der Waals surface area (Å²) in [7, 11) is 0. The Morgan fingerprint density at radius 3 is 2.79 bits per heavy atom. The molecule has 2 amide bonds. The molecule has 7 nitrogen and oxygen atoms in total. The minimum Gasteiger partial charge on any atom is -0.305 e. The third kappa shape index (κ3) is 3.53. The van der Waals surface area contributed by atoms with Gasteiger partial charge in [-0.05, 0) is 31.9 Å². The SMILES string of the molecule is Cc1ccc2nc(NC(=O)Nc3cnn(CC(C)C)c3C)sc2n1. The maximum Gasteiger partial charge on any atom is 0.325 e. The van der Waals surface area contributed by atoms with Crippen molar-refractivity contribution >= 4 is 38.5 Å². The van der Waals surface area contributed by atoms with Crippen LogP contribution in [-0.4, -0.2) is 25.8 Å². The van der Waals surface area contributed by atoms with Crippen molar-refractivity contribution in [2.75, 3.05) is 10.6 Å². The molecule has 0 aromatic carbocycles. The average molecular weight is 344 g/mol. The zero-order valence-electron chi connectivity index (χ0n) is 14.1. The Morgan fingerprint density at radius 1 is 1.25 bits per heavy atom. The molecule has 0 aliphatic carbocycles. The Labute approximate surface area is 144 Å². The van der Waals surface area contributed by atoms with Gasteiger partial charge in [0.1, 0.15) is 10.3 Å². The Balaban J connectivity index is 1.69. The molecular weight excluding hydrogens is 324 g/mol. The number of anilines is 2. The van der Waals surface area contributed by atoms with E-state index in [2.05, 4.69) is 39.5 Å². The lowest BCUT2D eigenvalue weighted by Crippen LogP contribution is -2.19. The van der Waals surface area contributed by atoms with Crippen molar-refractivity contribution in [3.63, 3.8) is 0 Å². The molecule has 0 aliphatic rings. The van der Waals surface area contributed by atoms with E-state index in [-0.39, 0.29) is 6.03 Å². The zero-order chi connectivity index (χ0) is 17.3. The van der Waals surface area contributed by atoms with Gasteiger partial charge >= 0.3 is 6.03 Å². The number of rotatable bonds is 4. The number of aryl methyl sites for hydroxylation is 1. The van der Waals surface area contributed by atoms with Gasteiger partial charge in [-0.1, -0.05) is 25.2 Å². The summed E-state index contributed by atoms with van der Waals surface area (Å²) in [5.74, 6) is 0.490. The van der Waals surface area contributed by atoms with Crippen LogP contribution in [0, 0.1) is 19.8 Å². The van der Waals surface area contributed by atoms with E-state index < -0.39 is 0 Å². The van der Waals surface area contributed by atoms with Gasteiger partial charge in [0.15, 0.2) is 5.13 Å². The number of nitrogens with one attached hydrogen (secondary N) is 2. The first kappa shape index (κ1) is 16.4. The van der Waals surface area contributed by atoms with Crippen molar-refractivity contribution in [3.8, 4) is 0 Å². The molecule has 2 N–H and O–H groups in total. The van der Waals surface area contributed by atoms with E-state index in [1.165, 1.54) is 11.3 Å². The summed E-state index contributed by atoms with van der Waals surface area (Å²) < 4.78 is 1.89. The minimum atomic E-state index is -0.335. The van der Waals surface area contributed by atoms with Gasteiger partial charge in [0.05, 0.1) is 17.6 Å². The van der Waals surface area contributed by atoms with Crippen molar-refractivity contribution in [2.24, 2.45) is 5.92 Å². The number of carbonyl (C=O) groups is 1. The quantitative estimate of drug-likeness (QED) is 0.754. The highest BCUT2D eigenvalue weighted by Gasteiger charge is 2.13. The molecule has 0 aliphatic heterocycles. The zero-order valence-corrected chi connectivity index (χ0v) is 14.9. The monoisotopic (exact) mass is 344 g/mol. The second-order valence-electron chi connectivity index (χ2n) is 6.09. The lowest BCUT2D eigenvalue weighted by Gasteiger charge is -2.08. The fourth-order valence-corrected chi connectivity index (χ4v) is 3.19. The highest BCUT2D eigenvalue weighted by molar-refractivity contribution is 7.21. The molecule has 0 unspecified atom stereocenters. The lowest BCUT2D eigenvalue weighted by molar-refractivity contribution is 0.262. The number of pyridine rings is 1. The van der Waals surface area contributed by atoms with Crippen molar-refractivity contribution in [2.45, 2.75) is 34.2 Å². The molecule has 0 saturated heterocycles. The fourth-order valence-electron chi connectivity index (χ4n) is 2.31. The number of thiazole rings is 1. The molecular formula is C16H20N6OS. The minimum absolute atomic E-state index is 0.335. The molecule has 0 atom stereocenters. The second kappa shape index (κ2) is 6.56. The van der Waals surface area contributed by atoms with E-state index in [0.29, 0.717) is 16.7 Å². The normalized spacial score (nSPS) is 11.2. The molecule has 3 aromatic heterocycles. The van der Waals surface area contributed by atoms with E-state index in [1.807, 2.05) is 30.7 Å². The van der Waals surface area contributed by atoms with Gasteiger partial charge < -0.3 is 5.32 Å². The number of carbonyl (C=O) groups excluding carboxylic acids is 1. The van der Waals surface area contributed by atoms with Gasteiger partial charge in [-0.2, -0.15) is 5.10 Å². The van der Waals surface area contributed by atoms with E-state index in [1.54, 1.807) is 6.20 Å². The van der Waals surface area contributed by atoms with Crippen LogP contribution >= 0.6 is 11.3 Å². The first-order valence-corrected chi connectivity index (χ1v) is 8.58. The van der Waals surface area contributed by atoms with Crippen LogP contribution < -0.4 is 10.6 Å². The van der Waals surface area contributed by atoms with Crippen molar-refractivity contribution < 1.29 is 4.79 Å². The third-order valence-electron chi connectivity index (χ3n) is 3.50. The third-order valence-corrected chi connectivity index (χ3v) is 4.39. The summed E-state index contributed by atoms with van der Waals surface area (Å²) in [5, 5.41) is 10.4. The molecule has 24 heavy (non-hydrogen) atoms. The predicted molar refractivity (Wildman–Crippen MR) is 96.6 cm³/mol. The topological polar surface area (TPSA) is 84.7 Å². The van der Waals surface area contributed by atoms with Gasteiger partial charge in [0, 0.05) is 12.2 Å². The second-order valence-corrected chi connectivity index (χ2v) is 7.07. The largest absolute Gasteiger partial charge is 0.325 e. The number of nitrogens with zero attached hydrogens (tertiary/aromatic N) is 4. The average Bonchev–Trinajstić information content (AvgIpc) is 3.03. The van der Waals surface area contributed by atoms with E-state index in [9.17, 15) is 4.79 Å². The number of hydrogen-bond acceptors (Lipinski definition) is 5. The molecule has 3 aromatic rings. The number of aromatic nitrogens is 4. The van der Waals surface area contributed by atoms with Gasteiger partial charge in [0.2, 0.25) is 0 Å². The number of amides is 2. The Morgan fingerprint density at radius 2 is 2.04 bits per heavy atom. The molecule has 3 rings (SSSR count). The van der Waals surface area contributed by atoms with Crippen molar-refractivity contribution in [3.05, 3.63) is 29.7 Å². The maximum atomic E-state index is 12.2. The maximum absolute atomic E-state index is 12.2. The van der Waals surface area contributed by atoms with Crippen LogP contribution in [0.2, 0.25) is 0 Å². The number of fused-ring (bicyclic) bond motifs is 1. The van der Waals surface area contributed by atoms with Crippen LogP contribution in [0.4, 0.5) is 15.6 Å². The molecule has 126 valence electrons. The Hall–Kier alpha value is -2.48. The van der Waals surface area contributed by atoms with E-state index in [4.69, 9.17) is 0 Å². The molecule has 0 spiro atoms. The van der Waals surface area contributed by atoms with Crippen LogP contribution in [-0.2, 0) is 6.54 Å². The van der Waals surface area contributed by atoms with Crippen molar-refractivity contribution in [1.29, 1.82) is 0 Å². The lowest BCUT2D eigenvalue weighted by atomic mass is 10.2. The Kier molecular flexibility index (Phi) is 4.48. The van der Waals surface area contributed by atoms with Gasteiger partial charge in [0.25, 0.3) is 0 Å². The predicted octanol–water partition coefficient (Wildman–Crippen LogP) is 3.80. The van der Waals surface area contributed by atoms with Gasteiger partial charge in [-0.25, -0.2) is 14.8 Å². The van der Waals surface area contributed by atoms with Crippen LogP contribution in [0.3, 0.4) is 0 Å². The van der Waals surface area contributed by atoms with Crippen LogP contribution in [0.5, 0.6) is 0 Å². The first-order chi connectivity index (χ1) is 11.4. The van der Waals surface area contributed by atoms with Crippen molar-refractivity contribution in [1.82, 2.24) is 19.7 Å². The summed E-state index contributed by atoms with van der Waals surface area (Å²) in [6.45, 7) is 8.94. The van der Waals surface area contributed by atoms with Gasteiger partial charge in [-0.15, -0.1) is 0 Å². The van der Waals surface area contributed by atoms with Crippen LogP contribution in [0.15, 0.2) is 18.3 Å². The number of hydrogen-bond donors (Lipinski definition) is 2. The molecule has 8 heteroatoms. The summed E-state index contributed by atoms with van der Waals surface area (Å²) >= 11 is 1.35. The highest BCUT2D eigenvalue weighted by atomic mass is 32.1.